The number of rotatable bonds is 4. The van der Waals surface area contributed by atoms with Crippen LogP contribution in [0.2, 0.25) is 0 Å². The maximum atomic E-state index is 12.4. The van der Waals surface area contributed by atoms with E-state index in [9.17, 15) is 4.79 Å². The minimum absolute atomic E-state index is 0.407. The second-order valence-electron chi connectivity index (χ2n) is 6.65. The maximum Gasteiger partial charge on any atom is 0.222 e. The van der Waals surface area contributed by atoms with Gasteiger partial charge < -0.3 is 10.6 Å². The van der Waals surface area contributed by atoms with Crippen LogP contribution < -0.4 is 5.73 Å². The minimum atomic E-state index is 0.407. The zero-order chi connectivity index (χ0) is 13.2. The molecule has 3 aliphatic rings. The van der Waals surface area contributed by atoms with Crippen molar-refractivity contribution >= 4 is 5.91 Å². The van der Waals surface area contributed by atoms with Gasteiger partial charge in [0.25, 0.3) is 0 Å². The lowest BCUT2D eigenvalue weighted by Crippen LogP contribution is -2.50. The first kappa shape index (κ1) is 13.4. The van der Waals surface area contributed by atoms with Crippen molar-refractivity contribution in [1.29, 1.82) is 0 Å². The number of hydrogen-bond acceptors (Lipinski definition) is 3. The first-order valence-corrected chi connectivity index (χ1v) is 7.96. The molecule has 4 nitrogen and oxygen atoms in total. The monoisotopic (exact) mass is 265 g/mol. The highest BCUT2D eigenvalue weighted by Crippen LogP contribution is 2.49. The molecule has 0 aromatic heterocycles. The number of carbonyl (C=O) groups is 1. The molecule has 19 heavy (non-hydrogen) atoms. The van der Waals surface area contributed by atoms with Crippen LogP contribution in [-0.4, -0.2) is 55.0 Å². The van der Waals surface area contributed by atoms with E-state index in [1.165, 1.54) is 25.7 Å². The standard InChI is InChI=1S/C15H27N3O/c16-3-4-17-5-7-18(8-6-17)15(19)11-14-10-12-1-2-13(14)9-12/h12-14H,1-11,16H2. The highest BCUT2D eigenvalue weighted by molar-refractivity contribution is 5.76. The third-order valence-corrected chi connectivity index (χ3v) is 5.49. The summed E-state index contributed by atoms with van der Waals surface area (Å²) in [6.45, 7) is 5.49. The van der Waals surface area contributed by atoms with E-state index in [1.54, 1.807) is 0 Å². The van der Waals surface area contributed by atoms with Crippen LogP contribution in [0.15, 0.2) is 0 Å². The van der Waals surface area contributed by atoms with E-state index in [2.05, 4.69) is 9.80 Å². The van der Waals surface area contributed by atoms with Gasteiger partial charge in [0, 0.05) is 45.7 Å². The Balaban J connectivity index is 1.44. The summed E-state index contributed by atoms with van der Waals surface area (Å²) in [5.74, 6) is 2.93. The molecule has 3 unspecified atom stereocenters. The topological polar surface area (TPSA) is 49.6 Å². The predicted molar refractivity (Wildman–Crippen MR) is 75.6 cm³/mol. The molecule has 3 rings (SSSR count). The van der Waals surface area contributed by atoms with Crippen molar-refractivity contribution in [3.63, 3.8) is 0 Å². The smallest absolute Gasteiger partial charge is 0.222 e. The number of carbonyl (C=O) groups excluding carboxylic acids is 1. The summed E-state index contributed by atoms with van der Waals surface area (Å²) in [5, 5.41) is 0. The van der Waals surface area contributed by atoms with E-state index < -0.39 is 0 Å². The number of fused-ring (bicyclic) bond motifs is 2. The second kappa shape index (κ2) is 5.80. The second-order valence-corrected chi connectivity index (χ2v) is 6.65. The lowest BCUT2D eigenvalue weighted by molar-refractivity contribution is -0.134. The largest absolute Gasteiger partial charge is 0.340 e. The molecule has 0 radical (unpaired) electrons. The Hall–Kier alpha value is -0.610. The molecule has 1 amide bonds. The zero-order valence-electron chi connectivity index (χ0n) is 11.9. The zero-order valence-corrected chi connectivity index (χ0v) is 11.9. The third kappa shape index (κ3) is 2.95. The molecule has 4 heteroatoms. The highest BCUT2D eigenvalue weighted by atomic mass is 16.2. The molecule has 0 aromatic carbocycles. The summed E-state index contributed by atoms with van der Waals surface area (Å²) in [7, 11) is 0. The van der Waals surface area contributed by atoms with E-state index in [4.69, 9.17) is 5.73 Å². The van der Waals surface area contributed by atoms with Gasteiger partial charge in [-0.25, -0.2) is 0 Å². The minimum Gasteiger partial charge on any atom is -0.340 e. The summed E-state index contributed by atoms with van der Waals surface area (Å²) in [4.78, 5) is 16.8. The Kier molecular flexibility index (Phi) is 4.08. The molecule has 0 spiro atoms. The molecule has 2 aliphatic carbocycles. The van der Waals surface area contributed by atoms with Crippen LogP contribution in [0, 0.1) is 17.8 Å². The van der Waals surface area contributed by atoms with Crippen LogP contribution >= 0.6 is 0 Å². The van der Waals surface area contributed by atoms with Crippen LogP contribution in [0.3, 0.4) is 0 Å². The first-order chi connectivity index (χ1) is 9.26. The van der Waals surface area contributed by atoms with Gasteiger partial charge in [-0.1, -0.05) is 6.42 Å². The molecule has 2 saturated carbocycles. The van der Waals surface area contributed by atoms with Crippen LogP contribution in [0.5, 0.6) is 0 Å². The molecule has 2 bridgehead atoms. The molecule has 1 heterocycles. The van der Waals surface area contributed by atoms with Gasteiger partial charge in [-0.3, -0.25) is 9.69 Å². The Morgan fingerprint density at radius 2 is 1.89 bits per heavy atom. The van der Waals surface area contributed by atoms with Gasteiger partial charge in [-0.15, -0.1) is 0 Å². The van der Waals surface area contributed by atoms with E-state index in [1.807, 2.05) is 0 Å². The average Bonchev–Trinajstić information content (AvgIpc) is 3.02. The SMILES string of the molecule is NCCN1CCN(C(=O)CC2CC3CCC2C3)CC1. The van der Waals surface area contributed by atoms with E-state index >= 15 is 0 Å². The number of nitrogens with two attached hydrogens (primary N) is 1. The highest BCUT2D eigenvalue weighted by Gasteiger charge is 2.40. The summed E-state index contributed by atoms with van der Waals surface area (Å²) < 4.78 is 0. The fourth-order valence-corrected chi connectivity index (χ4v) is 4.38. The summed E-state index contributed by atoms with van der Waals surface area (Å²) >= 11 is 0. The Labute approximate surface area is 116 Å². The molecule has 3 fully saturated rings. The number of piperazine rings is 1. The average molecular weight is 265 g/mol. The summed E-state index contributed by atoms with van der Waals surface area (Å²) in [5.41, 5.74) is 5.58. The van der Waals surface area contributed by atoms with Gasteiger partial charge in [0.2, 0.25) is 5.91 Å². The third-order valence-electron chi connectivity index (χ3n) is 5.49. The van der Waals surface area contributed by atoms with Crippen molar-refractivity contribution in [1.82, 2.24) is 9.80 Å². The summed E-state index contributed by atoms with van der Waals surface area (Å²) in [6.07, 6.45) is 6.35. The van der Waals surface area contributed by atoms with Crippen molar-refractivity contribution in [2.45, 2.75) is 32.1 Å². The Bertz CT molecular complexity index is 325. The van der Waals surface area contributed by atoms with Crippen molar-refractivity contribution in [3.05, 3.63) is 0 Å². The van der Waals surface area contributed by atoms with Crippen molar-refractivity contribution in [3.8, 4) is 0 Å². The quantitative estimate of drug-likeness (QED) is 0.822. The fourth-order valence-electron chi connectivity index (χ4n) is 4.38. The Morgan fingerprint density at radius 1 is 1.11 bits per heavy atom. The summed E-state index contributed by atoms with van der Waals surface area (Å²) in [6, 6.07) is 0. The van der Waals surface area contributed by atoms with Gasteiger partial charge in [0.1, 0.15) is 0 Å². The van der Waals surface area contributed by atoms with Crippen molar-refractivity contribution in [2.75, 3.05) is 39.3 Å². The molecule has 2 N–H and O–H groups in total. The Morgan fingerprint density at radius 3 is 2.47 bits per heavy atom. The van der Waals surface area contributed by atoms with Crippen LogP contribution in [0.25, 0.3) is 0 Å². The maximum absolute atomic E-state index is 12.4. The number of hydrogen-bond donors (Lipinski definition) is 1. The van der Waals surface area contributed by atoms with E-state index in [0.717, 1.165) is 57.5 Å². The van der Waals surface area contributed by atoms with Gasteiger partial charge in [-0.05, 0) is 37.0 Å². The normalized spacial score (nSPS) is 35.0. The molecule has 1 saturated heterocycles. The molecule has 108 valence electrons. The molecule has 3 atom stereocenters. The number of amides is 1. The van der Waals surface area contributed by atoms with E-state index in [0.29, 0.717) is 11.8 Å². The van der Waals surface area contributed by atoms with Gasteiger partial charge in [0.15, 0.2) is 0 Å². The van der Waals surface area contributed by atoms with Crippen LogP contribution in [0.4, 0.5) is 0 Å². The first-order valence-electron chi connectivity index (χ1n) is 7.96. The van der Waals surface area contributed by atoms with Crippen molar-refractivity contribution in [2.24, 2.45) is 23.5 Å². The number of nitrogens with zero attached hydrogens (tertiary/aromatic N) is 2. The van der Waals surface area contributed by atoms with Crippen LogP contribution in [0.1, 0.15) is 32.1 Å². The lowest BCUT2D eigenvalue weighted by atomic mass is 9.86. The molecular weight excluding hydrogens is 238 g/mol. The van der Waals surface area contributed by atoms with E-state index in [-0.39, 0.29) is 0 Å². The predicted octanol–water partition coefficient (Wildman–Crippen LogP) is 0.916. The molecule has 0 aromatic rings. The lowest BCUT2D eigenvalue weighted by Gasteiger charge is -2.35. The van der Waals surface area contributed by atoms with Gasteiger partial charge in [0.05, 0.1) is 0 Å². The van der Waals surface area contributed by atoms with Gasteiger partial charge >= 0.3 is 0 Å². The van der Waals surface area contributed by atoms with Crippen LogP contribution in [-0.2, 0) is 4.79 Å². The molecule has 1 aliphatic heterocycles. The molecular formula is C15H27N3O. The fraction of sp³-hybridized carbons (Fsp3) is 0.933. The van der Waals surface area contributed by atoms with Crippen molar-refractivity contribution < 1.29 is 4.79 Å². The van der Waals surface area contributed by atoms with Gasteiger partial charge in [-0.2, -0.15) is 0 Å².